The summed E-state index contributed by atoms with van der Waals surface area (Å²) >= 11 is 11.7. The molecule has 0 heterocycles. The summed E-state index contributed by atoms with van der Waals surface area (Å²) < 4.78 is 5.89. The van der Waals surface area contributed by atoms with E-state index in [4.69, 9.17) is 27.6 Å². The fourth-order valence-corrected chi connectivity index (χ4v) is 2.44. The van der Waals surface area contributed by atoms with E-state index in [2.05, 4.69) is 33.9 Å². The molecule has 0 fully saturated rings. The summed E-state index contributed by atoms with van der Waals surface area (Å²) in [5.41, 5.74) is 0.535. The van der Waals surface area contributed by atoms with Gasteiger partial charge in [-0.2, -0.15) is 0 Å². The van der Waals surface area contributed by atoms with E-state index in [-0.39, 0.29) is 17.4 Å². The highest BCUT2D eigenvalue weighted by molar-refractivity contribution is 6.74. The number of benzene rings is 1. The summed E-state index contributed by atoms with van der Waals surface area (Å²) in [6, 6.07) is 4.89. The molecule has 0 amide bonds. The molecule has 106 valence electrons. The van der Waals surface area contributed by atoms with E-state index in [1.807, 2.05) is 0 Å². The van der Waals surface area contributed by atoms with Crippen molar-refractivity contribution < 1.29 is 9.22 Å². The molecule has 0 spiro atoms. The Bertz CT molecular complexity index is 479. The third-order valence-corrected chi connectivity index (χ3v) is 8.83. The van der Waals surface area contributed by atoms with Gasteiger partial charge in [0.25, 0.3) is 0 Å². The number of rotatable bonds is 4. The van der Waals surface area contributed by atoms with Gasteiger partial charge < -0.3 is 4.43 Å². The van der Waals surface area contributed by atoms with E-state index in [1.165, 1.54) is 0 Å². The van der Waals surface area contributed by atoms with Gasteiger partial charge in [0.2, 0.25) is 0 Å². The highest BCUT2D eigenvalue weighted by atomic mass is 35.5. The van der Waals surface area contributed by atoms with Gasteiger partial charge in [0.1, 0.15) is 0 Å². The Labute approximate surface area is 126 Å². The highest BCUT2D eigenvalue weighted by Gasteiger charge is 2.37. The molecule has 0 N–H and O–H groups in total. The van der Waals surface area contributed by atoms with Crippen molar-refractivity contribution in [3.8, 4) is 0 Å². The molecule has 0 unspecified atom stereocenters. The van der Waals surface area contributed by atoms with E-state index in [0.717, 1.165) is 0 Å². The fraction of sp³-hybridized carbons (Fsp3) is 0.500. The van der Waals surface area contributed by atoms with Crippen LogP contribution in [0, 0.1) is 0 Å². The van der Waals surface area contributed by atoms with Crippen LogP contribution in [-0.2, 0) is 4.43 Å². The molecule has 1 aromatic carbocycles. The van der Waals surface area contributed by atoms with Crippen LogP contribution in [0.5, 0.6) is 0 Å². The molecule has 0 saturated carbocycles. The Morgan fingerprint density at radius 1 is 1.21 bits per heavy atom. The van der Waals surface area contributed by atoms with Gasteiger partial charge in [-0.15, -0.1) is 0 Å². The Morgan fingerprint density at radius 3 is 2.26 bits per heavy atom. The number of hydrogen-bond acceptors (Lipinski definition) is 2. The summed E-state index contributed by atoms with van der Waals surface area (Å²) in [7, 11) is -1.90. The first-order valence-electron chi connectivity index (χ1n) is 6.17. The Hall–Kier alpha value is -0.353. The van der Waals surface area contributed by atoms with Crippen molar-refractivity contribution in [2.45, 2.75) is 38.9 Å². The van der Waals surface area contributed by atoms with Crippen molar-refractivity contribution in [3.63, 3.8) is 0 Å². The van der Waals surface area contributed by atoms with Crippen LogP contribution in [0.15, 0.2) is 18.2 Å². The maximum atomic E-state index is 12.1. The molecule has 19 heavy (non-hydrogen) atoms. The van der Waals surface area contributed by atoms with E-state index < -0.39 is 8.32 Å². The molecule has 0 aromatic heterocycles. The third kappa shape index (κ3) is 4.31. The van der Waals surface area contributed by atoms with Crippen molar-refractivity contribution in [3.05, 3.63) is 33.8 Å². The average Bonchev–Trinajstić information content (AvgIpc) is 2.28. The van der Waals surface area contributed by atoms with Crippen molar-refractivity contribution in [2.24, 2.45) is 0 Å². The molecule has 0 aliphatic carbocycles. The molecule has 0 radical (unpaired) electrons. The summed E-state index contributed by atoms with van der Waals surface area (Å²) in [5.74, 6) is -0.0663. The lowest BCUT2D eigenvalue weighted by molar-refractivity contribution is 0.0911. The maximum absolute atomic E-state index is 12.1. The minimum atomic E-state index is -1.90. The van der Waals surface area contributed by atoms with Gasteiger partial charge in [-0.3, -0.25) is 4.79 Å². The first kappa shape index (κ1) is 16.7. The van der Waals surface area contributed by atoms with Crippen molar-refractivity contribution in [1.29, 1.82) is 0 Å². The standard InChI is InChI=1S/C14H20Cl2O2Si/c1-14(2,3)19(4,5)18-9-13(17)10-6-7-11(15)12(16)8-10/h6-8H,9H2,1-5H3. The molecule has 0 aliphatic heterocycles. The second-order valence-corrected chi connectivity index (χ2v) is 11.7. The zero-order valence-electron chi connectivity index (χ0n) is 12.0. The molecular weight excluding hydrogens is 299 g/mol. The summed E-state index contributed by atoms with van der Waals surface area (Å²) in [5, 5.41) is 0.925. The van der Waals surface area contributed by atoms with Gasteiger partial charge in [-0.05, 0) is 36.3 Å². The van der Waals surface area contributed by atoms with E-state index in [0.29, 0.717) is 15.6 Å². The van der Waals surface area contributed by atoms with Crippen LogP contribution in [0.4, 0.5) is 0 Å². The molecule has 1 rings (SSSR count). The van der Waals surface area contributed by atoms with Crippen LogP contribution >= 0.6 is 23.2 Å². The van der Waals surface area contributed by atoms with Crippen LogP contribution in [0.25, 0.3) is 0 Å². The maximum Gasteiger partial charge on any atom is 0.192 e. The van der Waals surface area contributed by atoms with Crippen molar-refractivity contribution in [1.82, 2.24) is 0 Å². The zero-order valence-corrected chi connectivity index (χ0v) is 14.5. The Kier molecular flexibility index (Phi) is 5.24. The van der Waals surface area contributed by atoms with Gasteiger partial charge in [0, 0.05) is 5.56 Å². The summed E-state index contributed by atoms with van der Waals surface area (Å²) in [6.45, 7) is 10.8. The molecule has 2 nitrogen and oxygen atoms in total. The molecule has 5 heteroatoms. The van der Waals surface area contributed by atoms with Crippen LogP contribution < -0.4 is 0 Å². The fourth-order valence-electron chi connectivity index (χ4n) is 1.22. The zero-order chi connectivity index (χ0) is 14.8. The smallest absolute Gasteiger partial charge is 0.192 e. The van der Waals surface area contributed by atoms with Gasteiger partial charge >= 0.3 is 0 Å². The largest absolute Gasteiger partial charge is 0.409 e. The normalized spacial score (nSPS) is 12.6. The van der Waals surface area contributed by atoms with E-state index in [9.17, 15) is 4.79 Å². The minimum absolute atomic E-state index is 0.0663. The first-order chi connectivity index (χ1) is 8.54. The van der Waals surface area contributed by atoms with Gasteiger partial charge in [-0.25, -0.2) is 0 Å². The quantitative estimate of drug-likeness (QED) is 0.563. The number of ketones is 1. The van der Waals surface area contributed by atoms with Crippen LogP contribution in [-0.4, -0.2) is 20.7 Å². The second kappa shape index (κ2) is 5.96. The predicted molar refractivity (Wildman–Crippen MR) is 83.9 cm³/mol. The Morgan fingerprint density at radius 2 is 1.79 bits per heavy atom. The molecule has 0 aliphatic rings. The minimum Gasteiger partial charge on any atom is -0.409 e. The van der Waals surface area contributed by atoms with Crippen LogP contribution in [0.2, 0.25) is 28.2 Å². The van der Waals surface area contributed by atoms with Gasteiger partial charge in [-0.1, -0.05) is 44.0 Å². The topological polar surface area (TPSA) is 26.3 Å². The number of carbonyl (C=O) groups excluding carboxylic acids is 1. The number of hydrogen-bond donors (Lipinski definition) is 0. The lowest BCUT2D eigenvalue weighted by Crippen LogP contribution is -2.42. The molecule has 0 saturated heterocycles. The van der Waals surface area contributed by atoms with Gasteiger partial charge in [0.05, 0.1) is 16.7 Å². The average molecular weight is 319 g/mol. The summed E-state index contributed by atoms with van der Waals surface area (Å²) in [4.78, 5) is 12.1. The van der Waals surface area contributed by atoms with Crippen LogP contribution in [0.1, 0.15) is 31.1 Å². The van der Waals surface area contributed by atoms with E-state index >= 15 is 0 Å². The number of Topliss-reactive ketones (excluding diaryl/α,β-unsaturated/α-hetero) is 1. The van der Waals surface area contributed by atoms with E-state index in [1.54, 1.807) is 18.2 Å². The lowest BCUT2D eigenvalue weighted by Gasteiger charge is -2.35. The molecule has 1 aromatic rings. The van der Waals surface area contributed by atoms with Crippen LogP contribution in [0.3, 0.4) is 0 Å². The molecule has 0 bridgehead atoms. The Balaban J connectivity index is 2.73. The third-order valence-electron chi connectivity index (χ3n) is 3.61. The highest BCUT2D eigenvalue weighted by Crippen LogP contribution is 2.36. The number of halogens is 2. The summed E-state index contributed by atoms with van der Waals surface area (Å²) in [6.07, 6.45) is 0. The van der Waals surface area contributed by atoms with Crippen molar-refractivity contribution in [2.75, 3.05) is 6.61 Å². The second-order valence-electron chi connectivity index (χ2n) is 6.10. The van der Waals surface area contributed by atoms with Gasteiger partial charge in [0.15, 0.2) is 14.1 Å². The monoisotopic (exact) mass is 318 g/mol. The SMILES string of the molecule is CC(C)(C)[Si](C)(C)OCC(=O)c1ccc(Cl)c(Cl)c1. The molecule has 0 atom stereocenters. The number of carbonyl (C=O) groups is 1. The first-order valence-corrected chi connectivity index (χ1v) is 9.83. The predicted octanol–water partition coefficient (Wildman–Crippen LogP) is 5.20. The molecular formula is C14H20Cl2O2Si. The lowest BCUT2D eigenvalue weighted by atomic mass is 10.1. The van der Waals surface area contributed by atoms with Crippen molar-refractivity contribution >= 4 is 37.3 Å².